The van der Waals surface area contributed by atoms with Crippen LogP contribution in [0.2, 0.25) is 0 Å². The van der Waals surface area contributed by atoms with Crippen LogP contribution in [0.5, 0.6) is 0 Å². The van der Waals surface area contributed by atoms with Gasteiger partial charge in [0.25, 0.3) is 5.69 Å². The number of aliphatic hydroxyl groups excluding tert-OH is 1. The number of anilines is 2. The first-order valence-corrected chi connectivity index (χ1v) is 5.96. The van der Waals surface area contributed by atoms with Crippen LogP contribution in [0, 0.1) is 16.0 Å². The van der Waals surface area contributed by atoms with E-state index in [0.29, 0.717) is 6.54 Å². The molecule has 2 rings (SSSR count). The lowest BCUT2D eigenvalue weighted by Gasteiger charge is -2.35. The van der Waals surface area contributed by atoms with Crippen molar-refractivity contribution in [2.45, 2.75) is 19.4 Å². The number of piperidine rings is 1. The monoisotopic (exact) mass is 251 g/mol. The smallest absolute Gasteiger partial charge is 0.292 e. The summed E-state index contributed by atoms with van der Waals surface area (Å²) < 4.78 is 0. The molecule has 0 saturated carbocycles. The van der Waals surface area contributed by atoms with Gasteiger partial charge in [0.05, 0.1) is 11.0 Å². The van der Waals surface area contributed by atoms with Gasteiger partial charge >= 0.3 is 0 Å². The zero-order chi connectivity index (χ0) is 13.3. The van der Waals surface area contributed by atoms with Crippen molar-refractivity contribution < 1.29 is 10.0 Å². The first-order chi connectivity index (χ1) is 8.49. The molecule has 0 spiro atoms. The molecule has 1 aliphatic heterocycles. The molecule has 6 heteroatoms. The number of rotatable bonds is 2. The average molecular weight is 251 g/mol. The summed E-state index contributed by atoms with van der Waals surface area (Å²) >= 11 is 0. The molecule has 2 atom stereocenters. The topological polar surface area (TPSA) is 92.6 Å². The van der Waals surface area contributed by atoms with E-state index in [-0.39, 0.29) is 23.4 Å². The number of aliphatic hydroxyl groups is 1. The van der Waals surface area contributed by atoms with Gasteiger partial charge in [0.2, 0.25) is 0 Å². The number of nitrogens with zero attached hydrogens (tertiary/aromatic N) is 2. The Labute approximate surface area is 105 Å². The second kappa shape index (κ2) is 4.81. The van der Waals surface area contributed by atoms with E-state index >= 15 is 0 Å². The Morgan fingerprint density at radius 1 is 1.56 bits per heavy atom. The van der Waals surface area contributed by atoms with Gasteiger partial charge < -0.3 is 15.7 Å². The summed E-state index contributed by atoms with van der Waals surface area (Å²) in [5.41, 5.74) is 6.56. The lowest BCUT2D eigenvalue weighted by Crippen LogP contribution is -2.42. The minimum Gasteiger partial charge on any atom is -0.393 e. The third-order valence-electron chi connectivity index (χ3n) is 3.49. The molecule has 98 valence electrons. The molecule has 0 aromatic heterocycles. The van der Waals surface area contributed by atoms with Crippen LogP contribution in [-0.4, -0.2) is 29.2 Å². The standard InChI is InChI=1S/C12H17N3O3/c1-8-4-5-14(7-12(8)16)9-2-3-11(15(17)18)10(13)6-9/h2-3,6,8,12,16H,4-5,7,13H2,1H3. The first kappa shape index (κ1) is 12.6. The Morgan fingerprint density at radius 3 is 2.83 bits per heavy atom. The van der Waals surface area contributed by atoms with Crippen LogP contribution in [0.1, 0.15) is 13.3 Å². The third kappa shape index (κ3) is 2.38. The van der Waals surface area contributed by atoms with Crippen molar-refractivity contribution in [1.82, 2.24) is 0 Å². The van der Waals surface area contributed by atoms with E-state index in [9.17, 15) is 15.2 Å². The van der Waals surface area contributed by atoms with Crippen molar-refractivity contribution in [2.75, 3.05) is 23.7 Å². The van der Waals surface area contributed by atoms with E-state index in [1.807, 2.05) is 11.8 Å². The molecule has 6 nitrogen and oxygen atoms in total. The van der Waals surface area contributed by atoms with Gasteiger partial charge in [0.15, 0.2) is 0 Å². The highest BCUT2D eigenvalue weighted by molar-refractivity contribution is 5.66. The molecule has 1 heterocycles. The maximum absolute atomic E-state index is 10.7. The Hall–Kier alpha value is -1.82. The Morgan fingerprint density at radius 2 is 2.28 bits per heavy atom. The fraction of sp³-hybridized carbons (Fsp3) is 0.500. The molecule has 2 unspecified atom stereocenters. The largest absolute Gasteiger partial charge is 0.393 e. The maximum atomic E-state index is 10.7. The minimum absolute atomic E-state index is 0.0790. The van der Waals surface area contributed by atoms with Gasteiger partial charge in [-0.3, -0.25) is 10.1 Å². The van der Waals surface area contributed by atoms with Crippen molar-refractivity contribution in [3.8, 4) is 0 Å². The summed E-state index contributed by atoms with van der Waals surface area (Å²) in [6, 6.07) is 4.69. The quantitative estimate of drug-likeness (QED) is 0.470. The molecule has 1 fully saturated rings. The molecule has 1 aromatic rings. The number of nitro groups is 1. The molecule has 1 aromatic carbocycles. The van der Waals surface area contributed by atoms with Crippen LogP contribution in [-0.2, 0) is 0 Å². The van der Waals surface area contributed by atoms with Crippen LogP contribution in [0.4, 0.5) is 17.1 Å². The molecular formula is C12H17N3O3. The van der Waals surface area contributed by atoms with Gasteiger partial charge in [-0.25, -0.2) is 0 Å². The zero-order valence-corrected chi connectivity index (χ0v) is 10.2. The summed E-state index contributed by atoms with van der Waals surface area (Å²) in [5, 5.41) is 20.5. The fourth-order valence-electron chi connectivity index (χ4n) is 2.19. The van der Waals surface area contributed by atoms with Crippen LogP contribution >= 0.6 is 0 Å². The van der Waals surface area contributed by atoms with Crippen molar-refractivity contribution in [1.29, 1.82) is 0 Å². The summed E-state index contributed by atoms with van der Waals surface area (Å²) in [4.78, 5) is 12.2. The number of nitro benzene ring substituents is 1. The second-order valence-corrected chi connectivity index (χ2v) is 4.78. The number of nitrogens with two attached hydrogens (primary N) is 1. The Bertz CT molecular complexity index is 464. The molecule has 0 radical (unpaired) electrons. The van der Waals surface area contributed by atoms with Crippen LogP contribution in [0.3, 0.4) is 0 Å². The summed E-state index contributed by atoms with van der Waals surface area (Å²) in [5.74, 6) is 0.289. The number of β-amino-alcohol motifs (C(OH)–C–C–N with tert-alkyl or cyclic N) is 1. The lowest BCUT2D eigenvalue weighted by molar-refractivity contribution is -0.383. The molecule has 1 saturated heterocycles. The van der Waals surface area contributed by atoms with Crippen LogP contribution in [0.25, 0.3) is 0 Å². The zero-order valence-electron chi connectivity index (χ0n) is 10.2. The van der Waals surface area contributed by atoms with Crippen molar-refractivity contribution in [3.05, 3.63) is 28.3 Å². The van der Waals surface area contributed by atoms with Gasteiger partial charge in [-0.1, -0.05) is 6.92 Å². The molecule has 0 aliphatic carbocycles. The highest BCUT2D eigenvalue weighted by atomic mass is 16.6. The Kier molecular flexibility index (Phi) is 3.38. The van der Waals surface area contributed by atoms with Crippen LogP contribution in [0.15, 0.2) is 18.2 Å². The van der Waals surface area contributed by atoms with E-state index in [4.69, 9.17) is 5.73 Å². The second-order valence-electron chi connectivity index (χ2n) is 4.78. The summed E-state index contributed by atoms with van der Waals surface area (Å²) in [7, 11) is 0. The van der Waals surface area contributed by atoms with E-state index in [0.717, 1.165) is 18.7 Å². The normalized spacial score (nSPS) is 24.0. The predicted octanol–water partition coefficient (Wildman–Crippen LogP) is 1.38. The minimum atomic E-state index is -0.494. The number of benzene rings is 1. The molecule has 1 aliphatic rings. The molecule has 18 heavy (non-hydrogen) atoms. The van der Waals surface area contributed by atoms with Crippen molar-refractivity contribution >= 4 is 17.1 Å². The molecule has 0 amide bonds. The SMILES string of the molecule is CC1CCN(c2ccc([N+](=O)[O-])c(N)c2)CC1O. The van der Waals surface area contributed by atoms with Gasteiger partial charge in [-0.2, -0.15) is 0 Å². The fourth-order valence-corrected chi connectivity index (χ4v) is 2.19. The highest BCUT2D eigenvalue weighted by Gasteiger charge is 2.25. The van der Waals surface area contributed by atoms with E-state index in [2.05, 4.69) is 0 Å². The van der Waals surface area contributed by atoms with Gasteiger partial charge in [0, 0.05) is 24.8 Å². The first-order valence-electron chi connectivity index (χ1n) is 5.96. The van der Waals surface area contributed by atoms with E-state index < -0.39 is 4.92 Å². The molecule has 0 bridgehead atoms. The summed E-state index contributed by atoms with van der Waals surface area (Å²) in [6.45, 7) is 3.39. The van der Waals surface area contributed by atoms with Crippen molar-refractivity contribution in [3.63, 3.8) is 0 Å². The maximum Gasteiger partial charge on any atom is 0.292 e. The number of hydrogen-bond donors (Lipinski definition) is 2. The average Bonchev–Trinajstić information content (AvgIpc) is 2.32. The number of nitrogen functional groups attached to an aromatic ring is 1. The van der Waals surface area contributed by atoms with Gasteiger partial charge in [-0.05, 0) is 24.5 Å². The molecule has 3 N–H and O–H groups in total. The van der Waals surface area contributed by atoms with Crippen LogP contribution < -0.4 is 10.6 Å². The Balaban J connectivity index is 2.19. The molecular weight excluding hydrogens is 234 g/mol. The predicted molar refractivity (Wildman–Crippen MR) is 69.5 cm³/mol. The lowest BCUT2D eigenvalue weighted by atomic mass is 9.95. The van der Waals surface area contributed by atoms with E-state index in [1.165, 1.54) is 6.07 Å². The number of hydrogen-bond acceptors (Lipinski definition) is 5. The van der Waals surface area contributed by atoms with E-state index in [1.54, 1.807) is 12.1 Å². The third-order valence-corrected chi connectivity index (χ3v) is 3.49. The van der Waals surface area contributed by atoms with Gasteiger partial charge in [-0.15, -0.1) is 0 Å². The van der Waals surface area contributed by atoms with Gasteiger partial charge in [0.1, 0.15) is 5.69 Å². The van der Waals surface area contributed by atoms with Crippen molar-refractivity contribution in [2.24, 2.45) is 5.92 Å². The summed E-state index contributed by atoms with van der Waals surface area (Å²) in [6.07, 6.45) is 0.535. The highest BCUT2D eigenvalue weighted by Crippen LogP contribution is 2.29.